The van der Waals surface area contributed by atoms with Crippen molar-refractivity contribution in [2.45, 2.75) is 32.5 Å². The number of rotatable bonds is 4. The summed E-state index contributed by atoms with van der Waals surface area (Å²) in [4.78, 5) is 33.8. The summed E-state index contributed by atoms with van der Waals surface area (Å²) in [5, 5.41) is 11.3. The third kappa shape index (κ3) is 4.53. The molecule has 0 aliphatic carbocycles. The van der Waals surface area contributed by atoms with E-state index in [1.54, 1.807) is 6.07 Å². The molecule has 3 rings (SSSR count). The first-order chi connectivity index (χ1) is 14.5. The molecule has 3 aromatic rings. The summed E-state index contributed by atoms with van der Waals surface area (Å²) in [5.74, 6) is -2.69. The highest BCUT2D eigenvalue weighted by atomic mass is 19.4. The SMILES string of the molecule is Cc1c(CC(=O)N[C@H](C)c2ccc(C#N)cc2F)c(=O)[nH]c2cnc(C(F)(F)F)nc12. The van der Waals surface area contributed by atoms with Gasteiger partial charge in [-0.15, -0.1) is 0 Å². The first kappa shape index (κ1) is 21.9. The zero-order valence-electron chi connectivity index (χ0n) is 16.3. The van der Waals surface area contributed by atoms with Crippen molar-refractivity contribution < 1.29 is 22.4 Å². The van der Waals surface area contributed by atoms with E-state index in [4.69, 9.17) is 5.26 Å². The van der Waals surface area contributed by atoms with Gasteiger partial charge in [-0.05, 0) is 31.5 Å². The van der Waals surface area contributed by atoms with Crippen molar-refractivity contribution in [3.63, 3.8) is 0 Å². The van der Waals surface area contributed by atoms with Gasteiger partial charge in [0.1, 0.15) is 5.82 Å². The number of carbonyl (C=O) groups is 1. The molecule has 0 unspecified atom stereocenters. The number of nitrogens with one attached hydrogen (secondary N) is 2. The summed E-state index contributed by atoms with van der Waals surface area (Å²) in [6.07, 6.45) is -4.36. The Morgan fingerprint density at radius 3 is 2.68 bits per heavy atom. The molecule has 0 saturated carbocycles. The van der Waals surface area contributed by atoms with E-state index >= 15 is 0 Å². The third-order valence-corrected chi connectivity index (χ3v) is 4.68. The van der Waals surface area contributed by atoms with Crippen molar-refractivity contribution in [1.82, 2.24) is 20.3 Å². The highest BCUT2D eigenvalue weighted by molar-refractivity contribution is 5.83. The van der Waals surface area contributed by atoms with Gasteiger partial charge in [-0.3, -0.25) is 9.59 Å². The molecule has 0 aliphatic heterocycles. The molecule has 31 heavy (non-hydrogen) atoms. The van der Waals surface area contributed by atoms with Crippen molar-refractivity contribution in [2.24, 2.45) is 0 Å². The summed E-state index contributed by atoms with van der Waals surface area (Å²) >= 11 is 0. The Morgan fingerprint density at radius 2 is 2.06 bits per heavy atom. The number of pyridine rings is 1. The normalized spacial score (nSPS) is 12.4. The molecule has 0 saturated heterocycles. The summed E-state index contributed by atoms with van der Waals surface area (Å²) in [6, 6.07) is 4.82. The van der Waals surface area contributed by atoms with Crippen LogP contribution in [0.2, 0.25) is 0 Å². The number of aromatic amines is 1. The van der Waals surface area contributed by atoms with Crippen molar-refractivity contribution in [2.75, 3.05) is 0 Å². The summed E-state index contributed by atoms with van der Waals surface area (Å²) in [7, 11) is 0. The molecular formula is C20H15F4N5O2. The van der Waals surface area contributed by atoms with Crippen LogP contribution in [0.1, 0.15) is 41.0 Å². The van der Waals surface area contributed by atoms with Gasteiger partial charge in [0.05, 0.1) is 41.3 Å². The number of benzene rings is 1. The number of aromatic nitrogens is 3. The van der Waals surface area contributed by atoms with Gasteiger partial charge in [-0.1, -0.05) is 6.07 Å². The van der Waals surface area contributed by atoms with Gasteiger partial charge >= 0.3 is 6.18 Å². The second kappa shape index (κ2) is 8.14. The zero-order chi connectivity index (χ0) is 22.9. The summed E-state index contributed by atoms with van der Waals surface area (Å²) < 4.78 is 52.9. The highest BCUT2D eigenvalue weighted by Gasteiger charge is 2.35. The number of hydrogen-bond acceptors (Lipinski definition) is 5. The fraction of sp³-hybridized carbons (Fsp3) is 0.250. The van der Waals surface area contributed by atoms with E-state index in [1.165, 1.54) is 26.0 Å². The van der Waals surface area contributed by atoms with E-state index in [0.717, 1.165) is 12.3 Å². The van der Waals surface area contributed by atoms with Gasteiger partial charge in [-0.2, -0.15) is 18.4 Å². The number of hydrogen-bond donors (Lipinski definition) is 2. The molecule has 2 heterocycles. The fourth-order valence-corrected chi connectivity index (χ4v) is 3.10. The lowest BCUT2D eigenvalue weighted by Crippen LogP contribution is -2.31. The molecule has 0 aliphatic rings. The molecule has 2 N–H and O–H groups in total. The first-order valence-electron chi connectivity index (χ1n) is 8.96. The number of alkyl halides is 3. The van der Waals surface area contributed by atoms with Gasteiger partial charge in [0.15, 0.2) is 0 Å². The molecule has 0 radical (unpaired) electrons. The van der Waals surface area contributed by atoms with Crippen molar-refractivity contribution in [3.05, 3.63) is 68.6 Å². The molecular weight excluding hydrogens is 418 g/mol. The van der Waals surface area contributed by atoms with Gasteiger partial charge in [0.25, 0.3) is 5.56 Å². The number of nitriles is 1. The second-order valence-corrected chi connectivity index (χ2v) is 6.83. The Morgan fingerprint density at radius 1 is 1.35 bits per heavy atom. The Bertz CT molecular complexity index is 1280. The minimum Gasteiger partial charge on any atom is -0.349 e. The summed E-state index contributed by atoms with van der Waals surface area (Å²) in [5.41, 5.74) is -0.481. The standard InChI is InChI=1S/C20H15F4N5O2/c1-9-13(18(31)28-15-8-26-19(20(22,23)24)29-17(9)15)6-16(30)27-10(2)12-4-3-11(7-25)5-14(12)21/h3-5,8,10H,6H2,1-2H3,(H,27,30)(H,28,31)/t10-/m1/s1. The minimum absolute atomic E-state index is 0.00711. The minimum atomic E-state index is -4.77. The maximum Gasteiger partial charge on any atom is 0.451 e. The van der Waals surface area contributed by atoms with E-state index in [0.29, 0.717) is 0 Å². The molecule has 0 spiro atoms. The Hall–Kier alpha value is -3.81. The summed E-state index contributed by atoms with van der Waals surface area (Å²) in [6.45, 7) is 2.90. The van der Waals surface area contributed by atoms with Crippen LogP contribution in [0, 0.1) is 24.1 Å². The number of nitrogens with zero attached hydrogens (tertiary/aromatic N) is 3. The second-order valence-electron chi connectivity index (χ2n) is 6.83. The van der Waals surface area contributed by atoms with Crippen LogP contribution in [0.5, 0.6) is 0 Å². The average molecular weight is 433 g/mol. The topological polar surface area (TPSA) is 112 Å². The van der Waals surface area contributed by atoms with Gasteiger partial charge in [-0.25, -0.2) is 14.4 Å². The van der Waals surface area contributed by atoms with E-state index in [9.17, 15) is 27.2 Å². The lowest BCUT2D eigenvalue weighted by Gasteiger charge is -2.16. The lowest BCUT2D eigenvalue weighted by molar-refractivity contribution is -0.144. The first-order valence-corrected chi connectivity index (χ1v) is 8.96. The smallest absolute Gasteiger partial charge is 0.349 e. The quantitative estimate of drug-likeness (QED) is 0.615. The molecule has 2 aromatic heterocycles. The molecule has 1 atom stereocenters. The third-order valence-electron chi connectivity index (χ3n) is 4.68. The fourth-order valence-electron chi connectivity index (χ4n) is 3.10. The van der Waals surface area contributed by atoms with Crippen molar-refractivity contribution >= 4 is 16.9 Å². The Labute approximate surface area is 172 Å². The maximum atomic E-state index is 14.1. The number of amides is 1. The Kier molecular flexibility index (Phi) is 5.75. The molecule has 0 fully saturated rings. The van der Waals surface area contributed by atoms with Crippen LogP contribution in [-0.2, 0) is 17.4 Å². The van der Waals surface area contributed by atoms with E-state index in [-0.39, 0.29) is 33.3 Å². The van der Waals surface area contributed by atoms with Crippen LogP contribution in [0.3, 0.4) is 0 Å². The van der Waals surface area contributed by atoms with Crippen LogP contribution >= 0.6 is 0 Å². The molecule has 0 bridgehead atoms. The molecule has 160 valence electrons. The van der Waals surface area contributed by atoms with Crippen LogP contribution in [-0.4, -0.2) is 20.9 Å². The van der Waals surface area contributed by atoms with Crippen LogP contribution in [0.25, 0.3) is 11.0 Å². The molecule has 11 heteroatoms. The monoisotopic (exact) mass is 433 g/mol. The average Bonchev–Trinajstić information content (AvgIpc) is 2.69. The molecule has 1 amide bonds. The number of aryl methyl sites for hydroxylation is 1. The van der Waals surface area contributed by atoms with E-state index in [2.05, 4.69) is 20.3 Å². The predicted octanol–water partition coefficient (Wildman–Crippen LogP) is 3.08. The largest absolute Gasteiger partial charge is 0.451 e. The predicted molar refractivity (Wildman–Crippen MR) is 101 cm³/mol. The van der Waals surface area contributed by atoms with E-state index < -0.39 is 41.7 Å². The van der Waals surface area contributed by atoms with Gasteiger partial charge in [0.2, 0.25) is 11.7 Å². The molecule has 1 aromatic carbocycles. The van der Waals surface area contributed by atoms with Gasteiger partial charge < -0.3 is 10.3 Å². The van der Waals surface area contributed by atoms with Crippen LogP contribution in [0.15, 0.2) is 29.2 Å². The highest BCUT2D eigenvalue weighted by Crippen LogP contribution is 2.27. The number of carbonyl (C=O) groups excluding carboxylic acids is 1. The Balaban J connectivity index is 1.88. The molecule has 7 nitrogen and oxygen atoms in total. The number of halogens is 4. The van der Waals surface area contributed by atoms with Crippen LogP contribution < -0.4 is 10.9 Å². The zero-order valence-corrected chi connectivity index (χ0v) is 16.3. The number of H-pyrrole nitrogens is 1. The maximum absolute atomic E-state index is 14.1. The van der Waals surface area contributed by atoms with Crippen molar-refractivity contribution in [1.29, 1.82) is 5.26 Å². The van der Waals surface area contributed by atoms with Crippen LogP contribution in [0.4, 0.5) is 17.6 Å². The van der Waals surface area contributed by atoms with Gasteiger partial charge in [0, 0.05) is 11.1 Å². The van der Waals surface area contributed by atoms with Crippen molar-refractivity contribution in [3.8, 4) is 6.07 Å². The lowest BCUT2D eigenvalue weighted by atomic mass is 10.0. The number of fused-ring (bicyclic) bond motifs is 1. The van der Waals surface area contributed by atoms with E-state index in [1.807, 2.05) is 0 Å².